The van der Waals surface area contributed by atoms with Gasteiger partial charge in [0.25, 0.3) is 0 Å². The topological polar surface area (TPSA) is 89.8 Å². The van der Waals surface area contributed by atoms with Gasteiger partial charge in [0.1, 0.15) is 0 Å². The number of aromatic nitrogens is 3. The zero-order chi connectivity index (χ0) is 13.4. The van der Waals surface area contributed by atoms with E-state index in [2.05, 4.69) is 10.1 Å². The number of H-pyrrole nitrogens is 1. The summed E-state index contributed by atoms with van der Waals surface area (Å²) in [7, 11) is 0. The van der Waals surface area contributed by atoms with Crippen LogP contribution in [0.2, 0.25) is 0 Å². The fourth-order valence-corrected chi connectivity index (χ4v) is 2.05. The molecule has 6 heteroatoms. The van der Waals surface area contributed by atoms with Crippen LogP contribution in [-0.2, 0) is 0 Å². The summed E-state index contributed by atoms with van der Waals surface area (Å²) in [5.74, 6) is 0.837. The molecule has 0 spiro atoms. The third-order valence-corrected chi connectivity index (χ3v) is 2.90. The Labute approximate surface area is 108 Å². The minimum atomic E-state index is -0.197. The molecule has 0 amide bonds. The highest BCUT2D eigenvalue weighted by Gasteiger charge is 2.14. The van der Waals surface area contributed by atoms with E-state index in [9.17, 15) is 4.79 Å². The average molecular weight is 256 g/mol. The molecule has 2 heterocycles. The van der Waals surface area contributed by atoms with Crippen molar-refractivity contribution in [1.82, 2.24) is 14.7 Å². The molecule has 0 saturated heterocycles. The molecule has 19 heavy (non-hydrogen) atoms. The van der Waals surface area contributed by atoms with Crippen LogP contribution >= 0.6 is 0 Å². The van der Waals surface area contributed by atoms with Crippen LogP contribution in [0.5, 0.6) is 0 Å². The Morgan fingerprint density at radius 2 is 2.16 bits per heavy atom. The zero-order valence-electron chi connectivity index (χ0n) is 10.3. The summed E-state index contributed by atoms with van der Waals surface area (Å²) in [6.45, 7) is 1.85. The quantitative estimate of drug-likeness (QED) is 0.730. The van der Waals surface area contributed by atoms with Gasteiger partial charge in [-0.1, -0.05) is 17.3 Å². The lowest BCUT2D eigenvalue weighted by Crippen LogP contribution is -2.16. The third-order valence-electron chi connectivity index (χ3n) is 2.90. The number of hydrogen-bond acceptors (Lipinski definition) is 4. The summed E-state index contributed by atoms with van der Waals surface area (Å²) >= 11 is 0. The molecule has 2 aromatic heterocycles. The summed E-state index contributed by atoms with van der Waals surface area (Å²) < 4.78 is 6.75. The average Bonchev–Trinajstić information content (AvgIpc) is 2.96. The maximum atomic E-state index is 11.9. The lowest BCUT2D eigenvalue weighted by molar-refractivity contribution is 0.435. The Kier molecular flexibility index (Phi) is 2.49. The third kappa shape index (κ3) is 1.83. The molecule has 1 aromatic carbocycles. The minimum absolute atomic E-state index is 0.197. The van der Waals surface area contributed by atoms with Crippen molar-refractivity contribution in [3.05, 3.63) is 52.7 Å². The van der Waals surface area contributed by atoms with Crippen LogP contribution in [0.1, 0.15) is 5.69 Å². The number of nitrogen functional groups attached to an aromatic ring is 1. The van der Waals surface area contributed by atoms with Crippen LogP contribution in [-0.4, -0.2) is 14.7 Å². The Bertz CT molecular complexity index is 782. The van der Waals surface area contributed by atoms with Gasteiger partial charge < -0.3 is 15.2 Å². The van der Waals surface area contributed by atoms with Gasteiger partial charge in [-0.15, -0.1) is 0 Å². The fourth-order valence-electron chi connectivity index (χ4n) is 2.05. The zero-order valence-corrected chi connectivity index (χ0v) is 10.3. The van der Waals surface area contributed by atoms with Crippen LogP contribution in [0.25, 0.3) is 17.0 Å². The van der Waals surface area contributed by atoms with Gasteiger partial charge in [-0.25, -0.2) is 4.79 Å². The molecule has 0 bridgehead atoms. The van der Waals surface area contributed by atoms with Crippen molar-refractivity contribution in [1.29, 1.82) is 0 Å². The maximum Gasteiger partial charge on any atom is 0.330 e. The van der Waals surface area contributed by atoms with Gasteiger partial charge in [0.2, 0.25) is 0 Å². The van der Waals surface area contributed by atoms with Gasteiger partial charge in [-0.05, 0) is 19.1 Å². The molecular formula is C13H12N4O2. The van der Waals surface area contributed by atoms with E-state index in [1.54, 1.807) is 16.8 Å². The number of nitrogens with two attached hydrogens (primary N) is 1. The van der Waals surface area contributed by atoms with Crippen LogP contribution < -0.4 is 11.4 Å². The summed E-state index contributed by atoms with van der Waals surface area (Å²) in [5, 5.41) is 3.67. The molecule has 0 saturated carbocycles. The van der Waals surface area contributed by atoms with Crippen LogP contribution in [0.15, 0.2) is 45.8 Å². The molecule has 0 aliphatic carbocycles. The molecule has 0 aliphatic heterocycles. The first-order valence-electron chi connectivity index (χ1n) is 5.76. The van der Waals surface area contributed by atoms with E-state index in [1.165, 1.54) is 0 Å². The van der Waals surface area contributed by atoms with Crippen molar-refractivity contribution < 1.29 is 4.52 Å². The molecule has 0 fully saturated rings. The van der Waals surface area contributed by atoms with Gasteiger partial charge in [0.15, 0.2) is 11.6 Å². The number of hydrogen-bond donors (Lipinski definition) is 2. The summed E-state index contributed by atoms with van der Waals surface area (Å²) in [5.41, 5.74) is 7.66. The van der Waals surface area contributed by atoms with E-state index in [-0.39, 0.29) is 5.69 Å². The van der Waals surface area contributed by atoms with E-state index in [4.69, 9.17) is 10.3 Å². The monoisotopic (exact) mass is 256 g/mol. The second-order valence-electron chi connectivity index (χ2n) is 4.20. The highest BCUT2D eigenvalue weighted by Crippen LogP contribution is 2.27. The van der Waals surface area contributed by atoms with Crippen molar-refractivity contribution in [2.24, 2.45) is 0 Å². The molecule has 3 rings (SSSR count). The Morgan fingerprint density at radius 3 is 2.79 bits per heavy atom. The number of anilines is 1. The van der Waals surface area contributed by atoms with E-state index < -0.39 is 0 Å². The van der Waals surface area contributed by atoms with Crippen LogP contribution in [0.4, 0.5) is 5.82 Å². The number of nitrogens with zero attached hydrogens (tertiary/aromatic N) is 2. The molecule has 6 nitrogen and oxygen atoms in total. The summed E-state index contributed by atoms with van der Waals surface area (Å²) in [6, 6.07) is 9.05. The van der Waals surface area contributed by atoms with Gasteiger partial charge in [0.05, 0.1) is 5.69 Å². The van der Waals surface area contributed by atoms with E-state index >= 15 is 0 Å². The van der Waals surface area contributed by atoms with Crippen molar-refractivity contribution in [2.45, 2.75) is 6.92 Å². The van der Waals surface area contributed by atoms with Crippen molar-refractivity contribution >= 4 is 5.82 Å². The minimum Gasteiger partial charge on any atom is -0.381 e. The van der Waals surface area contributed by atoms with Gasteiger partial charge >= 0.3 is 5.69 Å². The lowest BCUT2D eigenvalue weighted by Gasteiger charge is -2.08. The number of benzene rings is 1. The highest BCUT2D eigenvalue weighted by atomic mass is 16.5. The predicted octanol–water partition coefficient (Wildman–Crippen LogP) is 1.71. The second kappa shape index (κ2) is 4.16. The standard InChI is InChI=1S/C13H12N4O2/c1-8-7-15-13(18)17(8)10-5-3-2-4-9(10)11-6-12(14)16-19-11/h2-7H,1H3,(H2,14,16)(H,15,18). The lowest BCUT2D eigenvalue weighted by atomic mass is 10.1. The van der Waals surface area contributed by atoms with Gasteiger partial charge in [-0.3, -0.25) is 4.57 Å². The number of imidazole rings is 1. The molecule has 96 valence electrons. The first kappa shape index (κ1) is 11.3. The SMILES string of the molecule is Cc1c[nH]c(=O)n1-c1ccccc1-c1cc(N)no1. The highest BCUT2D eigenvalue weighted by molar-refractivity contribution is 5.70. The molecule has 3 aromatic rings. The Morgan fingerprint density at radius 1 is 1.37 bits per heavy atom. The summed E-state index contributed by atoms with van der Waals surface area (Å²) in [6.07, 6.45) is 1.66. The second-order valence-corrected chi connectivity index (χ2v) is 4.20. The van der Waals surface area contributed by atoms with Crippen molar-refractivity contribution in [3.8, 4) is 17.0 Å². The summed E-state index contributed by atoms with van der Waals surface area (Å²) in [4.78, 5) is 14.5. The molecule has 0 aliphatic rings. The fraction of sp³-hybridized carbons (Fsp3) is 0.0769. The van der Waals surface area contributed by atoms with Crippen LogP contribution in [0.3, 0.4) is 0 Å². The van der Waals surface area contributed by atoms with E-state index in [0.29, 0.717) is 11.6 Å². The van der Waals surface area contributed by atoms with E-state index in [0.717, 1.165) is 16.9 Å². The predicted molar refractivity (Wildman–Crippen MR) is 71.0 cm³/mol. The normalized spacial score (nSPS) is 10.8. The van der Waals surface area contributed by atoms with Crippen molar-refractivity contribution in [2.75, 3.05) is 5.73 Å². The molecule has 0 atom stereocenters. The maximum absolute atomic E-state index is 11.9. The number of aromatic amines is 1. The van der Waals surface area contributed by atoms with E-state index in [1.807, 2.05) is 31.2 Å². The number of para-hydroxylation sites is 1. The number of nitrogens with one attached hydrogen (secondary N) is 1. The molecule has 3 N–H and O–H groups in total. The Hall–Kier alpha value is -2.76. The number of rotatable bonds is 2. The first-order chi connectivity index (χ1) is 9.16. The molecular weight excluding hydrogens is 244 g/mol. The van der Waals surface area contributed by atoms with Crippen LogP contribution in [0, 0.1) is 6.92 Å². The molecule has 0 unspecified atom stereocenters. The largest absolute Gasteiger partial charge is 0.381 e. The van der Waals surface area contributed by atoms with Gasteiger partial charge in [-0.2, -0.15) is 0 Å². The molecule has 0 radical (unpaired) electrons. The smallest absolute Gasteiger partial charge is 0.330 e. The van der Waals surface area contributed by atoms with Gasteiger partial charge in [0, 0.05) is 23.5 Å². The first-order valence-corrected chi connectivity index (χ1v) is 5.76. The van der Waals surface area contributed by atoms with Crippen molar-refractivity contribution in [3.63, 3.8) is 0 Å². The Balaban J connectivity index is 2.26. The number of aryl methyl sites for hydroxylation is 1.